The molecule has 0 saturated heterocycles. The summed E-state index contributed by atoms with van der Waals surface area (Å²) in [6.45, 7) is 0. The normalized spacial score (nSPS) is 10.5. The zero-order valence-corrected chi connectivity index (χ0v) is 9.15. The first-order valence-electron chi connectivity index (χ1n) is 4.62. The summed E-state index contributed by atoms with van der Waals surface area (Å²) in [6.07, 6.45) is 4.71. The van der Waals surface area contributed by atoms with Crippen molar-refractivity contribution in [3.8, 4) is 0 Å². The van der Waals surface area contributed by atoms with Gasteiger partial charge in [0.1, 0.15) is 0 Å². The first kappa shape index (κ1) is 10.5. The monoisotopic (exact) mass is 231 g/mol. The minimum absolute atomic E-state index is 0.264. The largest absolute Gasteiger partial charge is 0.272 e. The van der Waals surface area contributed by atoms with Gasteiger partial charge < -0.3 is 0 Å². The topological polar surface area (TPSA) is 54.4 Å². The average Bonchev–Trinajstić information content (AvgIpc) is 2.83. The number of nitrogens with one attached hydrogen (secondary N) is 1. The number of pyridine rings is 1. The van der Waals surface area contributed by atoms with Crippen LogP contribution in [0, 0.1) is 0 Å². The summed E-state index contributed by atoms with van der Waals surface area (Å²) in [5, 5.41) is 7.74. The quantitative estimate of drug-likeness (QED) is 0.648. The van der Waals surface area contributed by atoms with E-state index in [9.17, 15) is 4.79 Å². The maximum absolute atomic E-state index is 11.5. The van der Waals surface area contributed by atoms with Crippen molar-refractivity contribution in [1.29, 1.82) is 0 Å². The lowest BCUT2D eigenvalue weighted by atomic mass is 10.3. The van der Waals surface area contributed by atoms with Gasteiger partial charge in [0.2, 0.25) is 0 Å². The van der Waals surface area contributed by atoms with E-state index in [1.165, 1.54) is 6.20 Å². The molecular weight excluding hydrogens is 222 g/mol. The lowest BCUT2D eigenvalue weighted by Crippen LogP contribution is -2.17. The number of carbonyl (C=O) groups excluding carboxylic acids is 1. The molecule has 2 aromatic rings. The molecule has 1 N–H and O–H groups in total. The SMILES string of the molecule is O=C(N/N=C/c1ccsc1)c1cccnc1. The van der Waals surface area contributed by atoms with Gasteiger partial charge in [-0.25, -0.2) is 5.43 Å². The Morgan fingerprint density at radius 3 is 3.12 bits per heavy atom. The predicted octanol–water partition coefficient (Wildman–Crippen LogP) is 1.91. The van der Waals surface area contributed by atoms with Crippen LogP contribution in [0.1, 0.15) is 15.9 Å². The molecule has 80 valence electrons. The van der Waals surface area contributed by atoms with Gasteiger partial charge in [0.15, 0.2) is 0 Å². The standard InChI is InChI=1S/C11H9N3OS/c15-11(10-2-1-4-12-7-10)14-13-6-9-3-5-16-8-9/h1-8H,(H,14,15)/b13-6+. The minimum atomic E-state index is -0.264. The van der Waals surface area contributed by atoms with Gasteiger partial charge in [-0.05, 0) is 29.0 Å². The third-order valence-corrected chi connectivity index (χ3v) is 2.55. The summed E-state index contributed by atoms with van der Waals surface area (Å²) in [6, 6.07) is 5.31. The van der Waals surface area contributed by atoms with Crippen molar-refractivity contribution in [3.05, 3.63) is 52.5 Å². The zero-order chi connectivity index (χ0) is 11.2. The third-order valence-electron chi connectivity index (χ3n) is 1.85. The Hall–Kier alpha value is -2.01. The summed E-state index contributed by atoms with van der Waals surface area (Å²) >= 11 is 1.58. The van der Waals surface area contributed by atoms with Crippen molar-refractivity contribution in [2.75, 3.05) is 0 Å². The van der Waals surface area contributed by atoms with Gasteiger partial charge in [-0.3, -0.25) is 9.78 Å². The van der Waals surface area contributed by atoms with E-state index >= 15 is 0 Å². The van der Waals surface area contributed by atoms with E-state index in [2.05, 4.69) is 15.5 Å². The van der Waals surface area contributed by atoms with Crippen molar-refractivity contribution in [2.24, 2.45) is 5.10 Å². The van der Waals surface area contributed by atoms with Crippen LogP contribution in [0.15, 0.2) is 46.5 Å². The summed E-state index contributed by atoms with van der Waals surface area (Å²) in [4.78, 5) is 15.4. The smallest absolute Gasteiger partial charge is 0.267 e. The van der Waals surface area contributed by atoms with Gasteiger partial charge in [-0.2, -0.15) is 16.4 Å². The minimum Gasteiger partial charge on any atom is -0.267 e. The van der Waals surface area contributed by atoms with E-state index in [1.54, 1.807) is 35.9 Å². The number of hydrogen-bond acceptors (Lipinski definition) is 4. The van der Waals surface area contributed by atoms with Crippen LogP contribution in [0.3, 0.4) is 0 Å². The van der Waals surface area contributed by atoms with Crippen LogP contribution in [0.5, 0.6) is 0 Å². The Morgan fingerprint density at radius 2 is 2.44 bits per heavy atom. The number of aromatic nitrogens is 1. The molecule has 2 aromatic heterocycles. The van der Waals surface area contributed by atoms with Crippen LogP contribution >= 0.6 is 11.3 Å². The summed E-state index contributed by atoms with van der Waals surface area (Å²) in [5.74, 6) is -0.264. The molecular formula is C11H9N3OS. The molecule has 1 amide bonds. The molecule has 0 unspecified atom stereocenters. The lowest BCUT2D eigenvalue weighted by Gasteiger charge is -1.97. The summed E-state index contributed by atoms with van der Waals surface area (Å²) in [7, 11) is 0. The van der Waals surface area contributed by atoms with Crippen LogP contribution in [0.4, 0.5) is 0 Å². The van der Waals surface area contributed by atoms with Crippen LogP contribution in [0.2, 0.25) is 0 Å². The van der Waals surface area contributed by atoms with Gasteiger partial charge >= 0.3 is 0 Å². The zero-order valence-electron chi connectivity index (χ0n) is 8.33. The van der Waals surface area contributed by atoms with Crippen LogP contribution < -0.4 is 5.43 Å². The molecule has 0 saturated carbocycles. The van der Waals surface area contributed by atoms with E-state index in [-0.39, 0.29) is 5.91 Å². The molecule has 5 heteroatoms. The van der Waals surface area contributed by atoms with Crippen molar-refractivity contribution in [2.45, 2.75) is 0 Å². The van der Waals surface area contributed by atoms with Crippen LogP contribution in [0.25, 0.3) is 0 Å². The Labute approximate surface area is 96.7 Å². The molecule has 0 atom stereocenters. The highest BCUT2D eigenvalue weighted by molar-refractivity contribution is 7.08. The highest BCUT2D eigenvalue weighted by Gasteiger charge is 2.01. The molecule has 0 bridgehead atoms. The number of amides is 1. The molecule has 16 heavy (non-hydrogen) atoms. The highest BCUT2D eigenvalue weighted by Crippen LogP contribution is 2.02. The van der Waals surface area contributed by atoms with E-state index in [4.69, 9.17) is 0 Å². The molecule has 0 aromatic carbocycles. The first-order valence-corrected chi connectivity index (χ1v) is 5.56. The Kier molecular flexibility index (Phi) is 3.40. The molecule has 0 spiro atoms. The molecule has 0 radical (unpaired) electrons. The van der Waals surface area contributed by atoms with Gasteiger partial charge in [-0.1, -0.05) is 0 Å². The number of thiophene rings is 1. The van der Waals surface area contributed by atoms with Crippen LogP contribution in [-0.4, -0.2) is 17.1 Å². The predicted molar refractivity (Wildman–Crippen MR) is 63.6 cm³/mol. The van der Waals surface area contributed by atoms with E-state index in [1.807, 2.05) is 16.8 Å². The third kappa shape index (κ3) is 2.74. The Balaban J connectivity index is 1.94. The second-order valence-electron chi connectivity index (χ2n) is 3.00. The molecule has 0 aliphatic carbocycles. The average molecular weight is 231 g/mol. The summed E-state index contributed by atoms with van der Waals surface area (Å²) in [5.41, 5.74) is 3.89. The van der Waals surface area contributed by atoms with Gasteiger partial charge in [-0.15, -0.1) is 0 Å². The maximum Gasteiger partial charge on any atom is 0.272 e. The molecule has 4 nitrogen and oxygen atoms in total. The second-order valence-corrected chi connectivity index (χ2v) is 3.78. The molecule has 2 rings (SSSR count). The number of hydrazone groups is 1. The van der Waals surface area contributed by atoms with Crippen molar-refractivity contribution in [3.63, 3.8) is 0 Å². The van der Waals surface area contributed by atoms with E-state index in [0.29, 0.717) is 5.56 Å². The fraction of sp³-hybridized carbons (Fsp3) is 0. The maximum atomic E-state index is 11.5. The van der Waals surface area contributed by atoms with Gasteiger partial charge in [0.25, 0.3) is 5.91 Å². The molecule has 0 fully saturated rings. The summed E-state index contributed by atoms with van der Waals surface area (Å²) < 4.78 is 0. The van der Waals surface area contributed by atoms with Crippen molar-refractivity contribution < 1.29 is 4.79 Å². The number of nitrogens with zero attached hydrogens (tertiary/aromatic N) is 2. The number of hydrogen-bond donors (Lipinski definition) is 1. The fourth-order valence-electron chi connectivity index (χ4n) is 1.08. The van der Waals surface area contributed by atoms with Gasteiger partial charge in [0, 0.05) is 18.0 Å². The number of carbonyl (C=O) groups is 1. The van der Waals surface area contributed by atoms with E-state index < -0.39 is 0 Å². The Morgan fingerprint density at radius 1 is 1.50 bits per heavy atom. The highest BCUT2D eigenvalue weighted by atomic mass is 32.1. The van der Waals surface area contributed by atoms with E-state index in [0.717, 1.165) is 5.56 Å². The molecule has 2 heterocycles. The van der Waals surface area contributed by atoms with Gasteiger partial charge in [0.05, 0.1) is 11.8 Å². The number of rotatable bonds is 3. The lowest BCUT2D eigenvalue weighted by molar-refractivity contribution is 0.0955. The van der Waals surface area contributed by atoms with Crippen molar-refractivity contribution in [1.82, 2.24) is 10.4 Å². The fourth-order valence-corrected chi connectivity index (χ4v) is 1.69. The molecule has 0 aliphatic heterocycles. The first-order chi connectivity index (χ1) is 7.86. The van der Waals surface area contributed by atoms with Crippen LogP contribution in [-0.2, 0) is 0 Å². The van der Waals surface area contributed by atoms with Crippen molar-refractivity contribution >= 4 is 23.5 Å². The second kappa shape index (κ2) is 5.18. The Bertz CT molecular complexity index is 479. The molecule has 0 aliphatic rings.